The molecule has 0 aliphatic heterocycles. The minimum Gasteiger partial charge on any atom is -0.357 e. The average molecular weight is 320 g/mol. The van der Waals surface area contributed by atoms with Crippen molar-refractivity contribution in [2.24, 2.45) is 0 Å². The molecule has 0 bridgehead atoms. The summed E-state index contributed by atoms with van der Waals surface area (Å²) in [6.45, 7) is 0.407. The first-order valence-electron chi connectivity index (χ1n) is 6.34. The maximum absolute atomic E-state index is 12.8. The van der Waals surface area contributed by atoms with Gasteiger partial charge in [0.2, 0.25) is 0 Å². The Hall–Kier alpha value is -2.74. The zero-order valence-electron chi connectivity index (χ0n) is 11.4. The topological polar surface area (TPSA) is 79.2 Å². The number of nitrogens with one attached hydrogen (secondary N) is 3. The van der Waals surface area contributed by atoms with Crippen LogP contribution in [0.2, 0.25) is 0 Å². The molecule has 0 aromatic heterocycles. The normalized spacial score (nSPS) is 9.86. The van der Waals surface area contributed by atoms with Crippen molar-refractivity contribution in [3.63, 3.8) is 0 Å². The molecule has 0 saturated heterocycles. The van der Waals surface area contributed by atoms with Crippen LogP contribution < -0.4 is 16.2 Å². The van der Waals surface area contributed by atoms with Crippen molar-refractivity contribution in [2.45, 2.75) is 6.54 Å². The zero-order chi connectivity index (χ0) is 15.9. The molecule has 0 spiro atoms. The second-order valence-electron chi connectivity index (χ2n) is 4.33. The molecule has 0 heterocycles. The molecule has 8 heteroatoms. The van der Waals surface area contributed by atoms with Gasteiger partial charge in [0.1, 0.15) is 11.5 Å². The maximum atomic E-state index is 12.8. The minimum atomic E-state index is -0.487. The highest BCUT2D eigenvalue weighted by Gasteiger charge is 2.11. The molecule has 0 radical (unpaired) electrons. The summed E-state index contributed by atoms with van der Waals surface area (Å²) in [5.41, 5.74) is 6.45. The number of benzene rings is 2. The Kier molecular flexibility index (Phi) is 5.21. The van der Waals surface area contributed by atoms with Crippen molar-refractivity contribution in [2.75, 3.05) is 5.43 Å². The van der Waals surface area contributed by atoms with Crippen LogP contribution in [0.25, 0.3) is 0 Å². The minimum absolute atomic E-state index is 0.0589. The molecular formula is C14H13FN4O2S. The molecule has 6 nitrogen and oxygen atoms in total. The summed E-state index contributed by atoms with van der Waals surface area (Å²) in [5, 5.41) is 14.0. The van der Waals surface area contributed by atoms with Gasteiger partial charge in [-0.15, -0.1) is 0 Å². The van der Waals surface area contributed by atoms with Crippen LogP contribution in [-0.4, -0.2) is 10.0 Å². The van der Waals surface area contributed by atoms with Crippen LogP contribution in [0, 0.1) is 15.9 Å². The Morgan fingerprint density at radius 1 is 1.18 bits per heavy atom. The molecule has 0 saturated carbocycles. The predicted molar refractivity (Wildman–Crippen MR) is 85.7 cm³/mol. The number of halogens is 1. The Labute approximate surface area is 131 Å². The molecular weight excluding hydrogens is 307 g/mol. The van der Waals surface area contributed by atoms with Crippen molar-refractivity contribution in [1.82, 2.24) is 10.7 Å². The molecule has 2 aromatic carbocycles. The number of para-hydroxylation sites is 2. The van der Waals surface area contributed by atoms with Crippen molar-refractivity contribution in [3.8, 4) is 0 Å². The number of rotatable bonds is 5. The van der Waals surface area contributed by atoms with Gasteiger partial charge in [0.05, 0.1) is 4.92 Å². The Morgan fingerprint density at radius 3 is 2.55 bits per heavy atom. The highest BCUT2D eigenvalue weighted by atomic mass is 32.1. The third-order valence-corrected chi connectivity index (χ3v) is 3.02. The number of hydrogen-bond donors (Lipinski definition) is 3. The number of hydrogen-bond acceptors (Lipinski definition) is 4. The average Bonchev–Trinajstić information content (AvgIpc) is 2.52. The molecule has 0 amide bonds. The van der Waals surface area contributed by atoms with Crippen LogP contribution in [0.3, 0.4) is 0 Å². The van der Waals surface area contributed by atoms with Crippen molar-refractivity contribution < 1.29 is 9.31 Å². The summed E-state index contributed by atoms with van der Waals surface area (Å²) in [6, 6.07) is 12.2. The molecule has 2 aromatic rings. The fourth-order valence-corrected chi connectivity index (χ4v) is 1.81. The van der Waals surface area contributed by atoms with Gasteiger partial charge in [0.15, 0.2) is 5.11 Å². The summed E-state index contributed by atoms with van der Waals surface area (Å²) >= 11 is 5.06. The van der Waals surface area contributed by atoms with E-state index in [2.05, 4.69) is 16.2 Å². The summed E-state index contributed by atoms with van der Waals surface area (Å²) in [6.07, 6.45) is 0. The number of thiocarbonyl (C=S) groups is 1. The first kappa shape index (κ1) is 15.6. The van der Waals surface area contributed by atoms with Crippen molar-refractivity contribution in [1.29, 1.82) is 0 Å². The quantitative estimate of drug-likeness (QED) is 0.447. The van der Waals surface area contributed by atoms with Crippen LogP contribution in [0.1, 0.15) is 5.56 Å². The van der Waals surface area contributed by atoms with Gasteiger partial charge in [0, 0.05) is 12.6 Å². The van der Waals surface area contributed by atoms with Crippen LogP contribution in [0.5, 0.6) is 0 Å². The smallest absolute Gasteiger partial charge is 0.294 e. The van der Waals surface area contributed by atoms with Gasteiger partial charge in [0.25, 0.3) is 5.69 Å². The van der Waals surface area contributed by atoms with Gasteiger partial charge in [-0.05, 0) is 36.0 Å². The SMILES string of the molecule is O=[N+]([O-])c1ccccc1NNC(=S)NCc1ccc(F)cc1. The standard InChI is InChI=1S/C14H13FN4O2S/c15-11-7-5-10(6-8-11)9-16-14(22)18-17-12-3-1-2-4-13(12)19(20)21/h1-8,17H,9H2,(H2,16,18,22). The van der Waals surface area contributed by atoms with Gasteiger partial charge in [-0.1, -0.05) is 24.3 Å². The molecule has 114 valence electrons. The van der Waals surface area contributed by atoms with Gasteiger partial charge in [-0.25, -0.2) is 4.39 Å². The lowest BCUT2D eigenvalue weighted by Gasteiger charge is -2.12. The molecule has 0 aliphatic carbocycles. The fraction of sp³-hybridized carbons (Fsp3) is 0.0714. The Bertz CT molecular complexity index is 679. The van der Waals surface area contributed by atoms with Crippen LogP contribution in [0.15, 0.2) is 48.5 Å². The third kappa shape index (κ3) is 4.38. The van der Waals surface area contributed by atoms with Crippen LogP contribution in [-0.2, 0) is 6.54 Å². The zero-order valence-corrected chi connectivity index (χ0v) is 12.2. The van der Waals surface area contributed by atoms with E-state index < -0.39 is 4.92 Å². The number of nitro groups is 1. The van der Waals surface area contributed by atoms with Gasteiger partial charge < -0.3 is 5.32 Å². The highest BCUT2D eigenvalue weighted by molar-refractivity contribution is 7.80. The lowest BCUT2D eigenvalue weighted by Crippen LogP contribution is -2.38. The lowest BCUT2D eigenvalue weighted by atomic mass is 10.2. The first-order chi connectivity index (χ1) is 10.6. The number of hydrazine groups is 1. The lowest BCUT2D eigenvalue weighted by molar-refractivity contribution is -0.384. The Morgan fingerprint density at radius 2 is 1.86 bits per heavy atom. The first-order valence-corrected chi connectivity index (χ1v) is 6.75. The van der Waals surface area contributed by atoms with Crippen molar-refractivity contribution in [3.05, 3.63) is 70.0 Å². The third-order valence-electron chi connectivity index (χ3n) is 2.78. The summed E-state index contributed by atoms with van der Waals surface area (Å²) < 4.78 is 12.8. The van der Waals surface area contributed by atoms with E-state index in [0.29, 0.717) is 12.2 Å². The van der Waals surface area contributed by atoms with Crippen LogP contribution >= 0.6 is 12.2 Å². The summed E-state index contributed by atoms with van der Waals surface area (Å²) in [7, 11) is 0. The van der Waals surface area contributed by atoms with Gasteiger partial charge >= 0.3 is 0 Å². The van der Waals surface area contributed by atoms with Gasteiger partial charge in [-0.2, -0.15) is 0 Å². The summed E-state index contributed by atoms with van der Waals surface area (Å²) in [4.78, 5) is 10.4. The maximum Gasteiger partial charge on any atom is 0.294 e. The number of nitro benzene ring substituents is 1. The van der Waals surface area contributed by atoms with E-state index in [4.69, 9.17) is 12.2 Å². The largest absolute Gasteiger partial charge is 0.357 e. The summed E-state index contributed by atoms with van der Waals surface area (Å²) in [5.74, 6) is -0.303. The molecule has 2 rings (SSSR count). The van der Waals surface area contributed by atoms with E-state index in [0.717, 1.165) is 5.56 Å². The van der Waals surface area contributed by atoms with E-state index >= 15 is 0 Å². The van der Waals surface area contributed by atoms with E-state index in [1.165, 1.54) is 18.2 Å². The second-order valence-corrected chi connectivity index (χ2v) is 4.74. The molecule has 3 N–H and O–H groups in total. The van der Waals surface area contributed by atoms with E-state index in [-0.39, 0.29) is 16.6 Å². The van der Waals surface area contributed by atoms with E-state index in [9.17, 15) is 14.5 Å². The van der Waals surface area contributed by atoms with Gasteiger partial charge in [-0.3, -0.25) is 21.0 Å². The molecule has 0 unspecified atom stereocenters. The second kappa shape index (κ2) is 7.32. The van der Waals surface area contributed by atoms with Crippen molar-refractivity contribution >= 4 is 28.7 Å². The molecule has 0 fully saturated rings. The van der Waals surface area contributed by atoms with E-state index in [1.54, 1.807) is 30.3 Å². The monoisotopic (exact) mass is 320 g/mol. The molecule has 0 aliphatic rings. The number of nitrogens with zero attached hydrogens (tertiary/aromatic N) is 1. The predicted octanol–water partition coefficient (Wildman–Crippen LogP) is 2.73. The highest BCUT2D eigenvalue weighted by Crippen LogP contribution is 2.21. The Balaban J connectivity index is 1.85. The molecule has 22 heavy (non-hydrogen) atoms. The molecule has 0 atom stereocenters. The van der Waals surface area contributed by atoms with Crippen LogP contribution in [0.4, 0.5) is 15.8 Å². The number of anilines is 1. The van der Waals surface area contributed by atoms with E-state index in [1.807, 2.05) is 0 Å². The fourth-order valence-electron chi connectivity index (χ4n) is 1.69.